The minimum atomic E-state index is -4.86. The second-order valence-electron chi connectivity index (χ2n) is 3.97. The minimum Gasteiger partial charge on any atom is -0.388 e. The third-order valence-corrected chi connectivity index (χ3v) is 2.62. The normalized spacial score (nSPS) is 18.3. The predicted molar refractivity (Wildman–Crippen MR) is 59.6 cm³/mol. The van der Waals surface area contributed by atoms with Crippen molar-refractivity contribution >= 4 is 5.91 Å². The Bertz CT molecular complexity index is 418. The first kappa shape index (κ1) is 14.5. The van der Waals surface area contributed by atoms with Gasteiger partial charge in [-0.2, -0.15) is 13.2 Å². The number of benzene rings is 1. The molecule has 1 amide bonds. The van der Waals surface area contributed by atoms with Crippen molar-refractivity contribution in [1.82, 2.24) is 0 Å². The number of amides is 1. The Kier molecular flexibility index (Phi) is 4.72. The molecule has 0 heterocycles. The first-order chi connectivity index (χ1) is 8.32. The molecule has 3 nitrogen and oxygen atoms in total. The first-order valence-corrected chi connectivity index (χ1v) is 5.45. The molecule has 1 unspecified atom stereocenters. The van der Waals surface area contributed by atoms with Crippen molar-refractivity contribution in [2.75, 3.05) is 0 Å². The predicted octanol–water partition coefficient (Wildman–Crippen LogP) is 2.09. The van der Waals surface area contributed by atoms with Crippen LogP contribution in [0.25, 0.3) is 0 Å². The zero-order chi connectivity index (χ0) is 13.8. The third-order valence-electron chi connectivity index (χ3n) is 2.62. The van der Waals surface area contributed by atoms with Crippen LogP contribution in [0.1, 0.15) is 30.1 Å². The van der Waals surface area contributed by atoms with Gasteiger partial charge in [0.1, 0.15) is 0 Å². The van der Waals surface area contributed by atoms with Gasteiger partial charge in [-0.3, -0.25) is 4.79 Å². The zero-order valence-electron chi connectivity index (χ0n) is 9.57. The van der Waals surface area contributed by atoms with Crippen molar-refractivity contribution in [3.63, 3.8) is 0 Å². The fourth-order valence-electron chi connectivity index (χ4n) is 1.73. The number of carbonyl (C=O) groups excluding carboxylic acids is 1. The molecule has 0 fully saturated rings. The lowest BCUT2D eigenvalue weighted by molar-refractivity contribution is -0.169. The van der Waals surface area contributed by atoms with Crippen LogP contribution in [0.4, 0.5) is 13.2 Å². The van der Waals surface area contributed by atoms with Crippen molar-refractivity contribution < 1.29 is 23.1 Å². The number of alkyl halides is 3. The highest BCUT2D eigenvalue weighted by atomic mass is 19.4. The molecule has 18 heavy (non-hydrogen) atoms. The molecule has 0 saturated heterocycles. The molecule has 1 atom stereocenters. The largest absolute Gasteiger partial charge is 0.470 e. The van der Waals surface area contributed by atoms with Crippen molar-refractivity contribution in [3.8, 4) is 0 Å². The van der Waals surface area contributed by atoms with E-state index in [1.807, 2.05) is 18.2 Å². The molecule has 6 heteroatoms. The van der Waals surface area contributed by atoms with Crippen LogP contribution < -0.4 is 5.73 Å². The Balaban J connectivity index is 0.000000203. The van der Waals surface area contributed by atoms with E-state index in [0.717, 1.165) is 24.8 Å². The van der Waals surface area contributed by atoms with Gasteiger partial charge in [0.2, 0.25) is 0 Å². The average molecular weight is 261 g/mol. The van der Waals surface area contributed by atoms with Crippen molar-refractivity contribution in [1.29, 1.82) is 0 Å². The number of aliphatic hydroxyl groups is 1. The van der Waals surface area contributed by atoms with Crippen LogP contribution in [-0.4, -0.2) is 17.2 Å². The summed E-state index contributed by atoms with van der Waals surface area (Å²) in [5, 5.41) is 9.56. The quantitative estimate of drug-likeness (QED) is 0.751. The molecule has 0 aromatic heterocycles. The van der Waals surface area contributed by atoms with Crippen LogP contribution >= 0.6 is 0 Å². The van der Waals surface area contributed by atoms with Crippen LogP contribution in [0.5, 0.6) is 0 Å². The maximum Gasteiger partial charge on any atom is 0.470 e. The molecule has 1 aliphatic rings. The third kappa shape index (κ3) is 4.03. The maximum absolute atomic E-state index is 10.7. The summed E-state index contributed by atoms with van der Waals surface area (Å²) in [5.74, 6) is -2.26. The van der Waals surface area contributed by atoms with Crippen LogP contribution in [0.2, 0.25) is 0 Å². The van der Waals surface area contributed by atoms with Gasteiger partial charge in [0.15, 0.2) is 0 Å². The number of hydrogen-bond acceptors (Lipinski definition) is 2. The Morgan fingerprint density at radius 2 is 1.89 bits per heavy atom. The van der Waals surface area contributed by atoms with Gasteiger partial charge in [0.25, 0.3) is 0 Å². The van der Waals surface area contributed by atoms with Gasteiger partial charge < -0.3 is 10.8 Å². The monoisotopic (exact) mass is 261 g/mol. The number of aliphatic hydroxyl groups excluding tert-OH is 1. The number of aryl methyl sites for hydroxylation is 1. The zero-order valence-corrected chi connectivity index (χ0v) is 9.57. The fourth-order valence-corrected chi connectivity index (χ4v) is 1.73. The van der Waals surface area contributed by atoms with E-state index >= 15 is 0 Å². The summed E-state index contributed by atoms with van der Waals surface area (Å²) < 4.78 is 32.1. The van der Waals surface area contributed by atoms with Crippen molar-refractivity contribution in [3.05, 3.63) is 35.4 Å². The van der Waals surface area contributed by atoms with Gasteiger partial charge in [-0.25, -0.2) is 0 Å². The SMILES string of the molecule is NC(=O)C(F)(F)F.OC1CCCc2ccccc21. The number of primary amides is 1. The van der Waals surface area contributed by atoms with E-state index in [1.54, 1.807) is 0 Å². The van der Waals surface area contributed by atoms with Gasteiger partial charge in [-0.15, -0.1) is 0 Å². The Labute approximate surface area is 102 Å². The van der Waals surface area contributed by atoms with Crippen LogP contribution in [0, 0.1) is 0 Å². The van der Waals surface area contributed by atoms with Gasteiger partial charge in [0.05, 0.1) is 6.10 Å². The van der Waals surface area contributed by atoms with Gasteiger partial charge in [-0.1, -0.05) is 24.3 Å². The van der Waals surface area contributed by atoms with E-state index in [2.05, 4.69) is 11.8 Å². The molecular formula is C12H14F3NO2. The number of fused-ring (bicyclic) bond motifs is 1. The van der Waals surface area contributed by atoms with Gasteiger partial charge >= 0.3 is 12.1 Å². The van der Waals surface area contributed by atoms with Gasteiger partial charge in [-0.05, 0) is 30.4 Å². The summed E-state index contributed by atoms with van der Waals surface area (Å²) in [5.41, 5.74) is 6.27. The summed E-state index contributed by atoms with van der Waals surface area (Å²) in [6.45, 7) is 0. The summed E-state index contributed by atoms with van der Waals surface area (Å²) >= 11 is 0. The van der Waals surface area contributed by atoms with Crippen molar-refractivity contribution in [2.24, 2.45) is 5.73 Å². The standard InChI is InChI=1S/C10H12O.C2H2F3NO/c11-10-7-3-5-8-4-1-2-6-9(8)10;3-2(4,5)1(6)7/h1-2,4,6,10-11H,3,5,7H2;(H2,6,7). The number of hydrogen-bond donors (Lipinski definition) is 2. The lowest BCUT2D eigenvalue weighted by Crippen LogP contribution is -2.30. The molecule has 1 aliphatic carbocycles. The lowest BCUT2D eigenvalue weighted by atomic mass is 9.90. The molecule has 0 saturated carbocycles. The molecular weight excluding hydrogens is 247 g/mol. The highest BCUT2D eigenvalue weighted by Crippen LogP contribution is 2.28. The summed E-state index contributed by atoms with van der Waals surface area (Å²) in [7, 11) is 0. The van der Waals surface area contributed by atoms with Crippen molar-refractivity contribution in [2.45, 2.75) is 31.5 Å². The smallest absolute Gasteiger partial charge is 0.388 e. The topological polar surface area (TPSA) is 63.3 Å². The van der Waals surface area contributed by atoms with Crippen LogP contribution in [-0.2, 0) is 11.2 Å². The Hall–Kier alpha value is -1.56. The molecule has 1 aromatic rings. The average Bonchev–Trinajstić information content (AvgIpc) is 2.29. The summed E-state index contributed by atoms with van der Waals surface area (Å²) in [6.07, 6.45) is -1.89. The fraction of sp³-hybridized carbons (Fsp3) is 0.417. The molecule has 0 aliphatic heterocycles. The van der Waals surface area contributed by atoms with E-state index < -0.39 is 12.1 Å². The van der Waals surface area contributed by atoms with E-state index in [1.165, 1.54) is 5.56 Å². The lowest BCUT2D eigenvalue weighted by Gasteiger charge is -2.20. The number of nitrogens with two attached hydrogens (primary N) is 1. The molecule has 0 radical (unpaired) electrons. The first-order valence-electron chi connectivity index (χ1n) is 5.45. The molecule has 100 valence electrons. The summed E-state index contributed by atoms with van der Waals surface area (Å²) in [6, 6.07) is 8.17. The molecule has 3 N–H and O–H groups in total. The minimum absolute atomic E-state index is 0.208. The molecule has 0 bridgehead atoms. The second kappa shape index (κ2) is 5.86. The maximum atomic E-state index is 10.7. The second-order valence-corrected chi connectivity index (χ2v) is 3.97. The number of carbonyl (C=O) groups is 1. The van der Waals surface area contributed by atoms with Gasteiger partial charge in [0, 0.05) is 0 Å². The highest BCUT2D eigenvalue weighted by Gasteiger charge is 2.35. The van der Waals surface area contributed by atoms with E-state index in [9.17, 15) is 18.3 Å². The van der Waals surface area contributed by atoms with Crippen LogP contribution in [0.15, 0.2) is 24.3 Å². The number of halogens is 3. The highest BCUT2D eigenvalue weighted by molar-refractivity contribution is 5.79. The molecule has 2 rings (SSSR count). The Morgan fingerprint density at radius 1 is 1.33 bits per heavy atom. The van der Waals surface area contributed by atoms with E-state index in [4.69, 9.17) is 4.79 Å². The number of rotatable bonds is 0. The van der Waals surface area contributed by atoms with E-state index in [-0.39, 0.29) is 6.10 Å². The Morgan fingerprint density at radius 3 is 2.39 bits per heavy atom. The summed E-state index contributed by atoms with van der Waals surface area (Å²) in [4.78, 5) is 9.12. The molecule has 1 aromatic carbocycles. The molecule has 0 spiro atoms. The van der Waals surface area contributed by atoms with E-state index in [0.29, 0.717) is 0 Å². The van der Waals surface area contributed by atoms with Crippen LogP contribution in [0.3, 0.4) is 0 Å².